The fourth-order valence-corrected chi connectivity index (χ4v) is 1.11. The molecule has 1 unspecified atom stereocenters. The predicted octanol–water partition coefficient (Wildman–Crippen LogP) is -0.347. The quantitative estimate of drug-likeness (QED) is 0.524. The van der Waals surface area contributed by atoms with Crippen molar-refractivity contribution in [1.82, 2.24) is 10.6 Å². The number of nitrogens with two attached hydrogens (primary N) is 1. The van der Waals surface area contributed by atoms with Gasteiger partial charge in [-0.05, 0) is 18.8 Å². The predicted molar refractivity (Wildman–Crippen MR) is 43.2 cm³/mol. The van der Waals surface area contributed by atoms with E-state index in [0.717, 1.165) is 0 Å². The molecule has 1 saturated carbocycles. The van der Waals surface area contributed by atoms with Gasteiger partial charge in [-0.3, -0.25) is 0 Å². The Bertz CT molecular complexity index is 145. The maximum Gasteiger partial charge on any atom is 0.314 e. The number of rotatable bonds is 3. The average Bonchev–Trinajstić information content (AvgIpc) is 2.82. The molecular weight excluding hydrogens is 142 g/mol. The highest BCUT2D eigenvalue weighted by atomic mass is 16.2. The van der Waals surface area contributed by atoms with Crippen LogP contribution in [-0.2, 0) is 0 Å². The van der Waals surface area contributed by atoms with Gasteiger partial charge in [-0.1, -0.05) is 0 Å². The molecule has 0 aromatic carbocycles. The van der Waals surface area contributed by atoms with Gasteiger partial charge in [0.2, 0.25) is 0 Å². The van der Waals surface area contributed by atoms with E-state index in [1.807, 2.05) is 0 Å². The van der Waals surface area contributed by atoms with Crippen LogP contribution in [0.3, 0.4) is 0 Å². The van der Waals surface area contributed by atoms with Gasteiger partial charge in [0.05, 0.1) is 0 Å². The van der Waals surface area contributed by atoms with Crippen molar-refractivity contribution in [2.24, 2.45) is 11.7 Å². The van der Waals surface area contributed by atoms with Crippen LogP contribution in [0.5, 0.6) is 0 Å². The summed E-state index contributed by atoms with van der Waals surface area (Å²) >= 11 is 0. The maximum absolute atomic E-state index is 10.8. The third-order valence-corrected chi connectivity index (χ3v) is 1.99. The second-order valence-corrected chi connectivity index (χ2v) is 2.90. The number of carbonyl (C=O) groups excluding carboxylic acids is 1. The SMILES string of the molecule is CNC(=O)NC(CN)C1CC1. The normalized spacial score (nSPS) is 19.1. The molecule has 0 aromatic rings. The van der Waals surface area contributed by atoms with E-state index in [4.69, 9.17) is 5.73 Å². The Labute approximate surface area is 66.5 Å². The summed E-state index contributed by atoms with van der Waals surface area (Å²) in [7, 11) is 1.61. The molecular formula is C7H15N3O. The van der Waals surface area contributed by atoms with E-state index >= 15 is 0 Å². The molecule has 1 rings (SSSR count). The summed E-state index contributed by atoms with van der Waals surface area (Å²) in [4.78, 5) is 10.8. The number of amides is 2. The van der Waals surface area contributed by atoms with Crippen LogP contribution in [0.4, 0.5) is 4.79 Å². The molecule has 1 fully saturated rings. The first kappa shape index (κ1) is 8.33. The fraction of sp³-hybridized carbons (Fsp3) is 0.857. The van der Waals surface area contributed by atoms with Crippen LogP contribution >= 0.6 is 0 Å². The van der Waals surface area contributed by atoms with Gasteiger partial charge in [-0.15, -0.1) is 0 Å². The lowest BCUT2D eigenvalue weighted by Crippen LogP contribution is -2.45. The van der Waals surface area contributed by atoms with Gasteiger partial charge >= 0.3 is 6.03 Å². The zero-order valence-corrected chi connectivity index (χ0v) is 6.76. The van der Waals surface area contributed by atoms with Crippen molar-refractivity contribution < 1.29 is 4.79 Å². The molecule has 0 bridgehead atoms. The smallest absolute Gasteiger partial charge is 0.314 e. The second-order valence-electron chi connectivity index (χ2n) is 2.90. The Morgan fingerprint density at radius 1 is 1.73 bits per heavy atom. The molecule has 64 valence electrons. The Balaban J connectivity index is 2.25. The van der Waals surface area contributed by atoms with Gasteiger partial charge < -0.3 is 16.4 Å². The van der Waals surface area contributed by atoms with Crippen LogP contribution < -0.4 is 16.4 Å². The summed E-state index contributed by atoms with van der Waals surface area (Å²) < 4.78 is 0. The molecule has 1 atom stereocenters. The zero-order valence-electron chi connectivity index (χ0n) is 6.76. The topological polar surface area (TPSA) is 67.2 Å². The molecule has 1 aliphatic rings. The summed E-state index contributed by atoms with van der Waals surface area (Å²) in [6, 6.07) is 0.0438. The first-order chi connectivity index (χ1) is 5.27. The van der Waals surface area contributed by atoms with Gasteiger partial charge in [0.15, 0.2) is 0 Å². The van der Waals surface area contributed by atoms with Gasteiger partial charge in [0.1, 0.15) is 0 Å². The molecule has 4 N–H and O–H groups in total. The Morgan fingerprint density at radius 2 is 2.36 bits per heavy atom. The van der Waals surface area contributed by atoms with Crippen LogP contribution in [0, 0.1) is 5.92 Å². The van der Waals surface area contributed by atoms with Gasteiger partial charge in [-0.2, -0.15) is 0 Å². The summed E-state index contributed by atoms with van der Waals surface area (Å²) in [5.74, 6) is 0.622. The molecule has 0 radical (unpaired) electrons. The molecule has 0 heterocycles. The second kappa shape index (κ2) is 3.57. The molecule has 0 aliphatic heterocycles. The van der Waals surface area contributed by atoms with E-state index in [9.17, 15) is 4.79 Å². The minimum atomic E-state index is -0.132. The molecule has 0 saturated heterocycles. The zero-order chi connectivity index (χ0) is 8.27. The standard InChI is InChI=1S/C7H15N3O/c1-9-7(11)10-6(4-8)5-2-3-5/h5-6H,2-4,8H2,1H3,(H2,9,10,11). The summed E-state index contributed by atoms with van der Waals surface area (Å²) in [6.07, 6.45) is 2.40. The average molecular weight is 157 g/mol. The lowest BCUT2D eigenvalue weighted by molar-refractivity contribution is 0.237. The number of urea groups is 1. The van der Waals surface area contributed by atoms with Gasteiger partial charge in [-0.25, -0.2) is 4.79 Å². The van der Waals surface area contributed by atoms with E-state index in [0.29, 0.717) is 12.5 Å². The van der Waals surface area contributed by atoms with Crippen LogP contribution in [0.15, 0.2) is 0 Å². The van der Waals surface area contributed by atoms with E-state index in [-0.39, 0.29) is 12.1 Å². The van der Waals surface area contributed by atoms with Crippen molar-refractivity contribution in [3.05, 3.63) is 0 Å². The summed E-state index contributed by atoms with van der Waals surface area (Å²) in [5, 5.41) is 5.31. The van der Waals surface area contributed by atoms with Crippen molar-refractivity contribution >= 4 is 6.03 Å². The highest BCUT2D eigenvalue weighted by Crippen LogP contribution is 2.31. The monoisotopic (exact) mass is 157 g/mol. The first-order valence-electron chi connectivity index (χ1n) is 3.96. The lowest BCUT2D eigenvalue weighted by atomic mass is 10.2. The highest BCUT2D eigenvalue weighted by Gasteiger charge is 2.30. The van der Waals surface area contributed by atoms with Crippen LogP contribution in [0.2, 0.25) is 0 Å². The molecule has 0 spiro atoms. The largest absolute Gasteiger partial charge is 0.341 e. The number of hydrogen-bond donors (Lipinski definition) is 3. The van der Waals surface area contributed by atoms with Crippen LogP contribution in [0.1, 0.15) is 12.8 Å². The number of carbonyl (C=O) groups is 1. The minimum absolute atomic E-state index is 0.132. The molecule has 2 amide bonds. The number of hydrogen-bond acceptors (Lipinski definition) is 2. The van der Waals surface area contributed by atoms with Crippen molar-refractivity contribution in [3.63, 3.8) is 0 Å². The Morgan fingerprint density at radius 3 is 2.73 bits per heavy atom. The Hall–Kier alpha value is -0.770. The van der Waals surface area contributed by atoms with E-state index < -0.39 is 0 Å². The molecule has 11 heavy (non-hydrogen) atoms. The Kier molecular flexibility index (Phi) is 2.70. The van der Waals surface area contributed by atoms with E-state index in [1.165, 1.54) is 12.8 Å². The maximum atomic E-state index is 10.8. The minimum Gasteiger partial charge on any atom is -0.341 e. The lowest BCUT2D eigenvalue weighted by Gasteiger charge is -2.14. The number of nitrogens with one attached hydrogen (secondary N) is 2. The van der Waals surface area contributed by atoms with Gasteiger partial charge in [0.25, 0.3) is 0 Å². The van der Waals surface area contributed by atoms with E-state index in [1.54, 1.807) is 7.05 Å². The molecule has 4 nitrogen and oxygen atoms in total. The van der Waals surface area contributed by atoms with Crippen molar-refractivity contribution in [1.29, 1.82) is 0 Å². The molecule has 1 aliphatic carbocycles. The summed E-state index contributed by atoms with van der Waals surface area (Å²) in [6.45, 7) is 0.540. The van der Waals surface area contributed by atoms with Crippen molar-refractivity contribution in [2.45, 2.75) is 18.9 Å². The fourth-order valence-electron chi connectivity index (χ4n) is 1.11. The van der Waals surface area contributed by atoms with Crippen LogP contribution in [0.25, 0.3) is 0 Å². The molecule has 4 heteroatoms. The van der Waals surface area contributed by atoms with E-state index in [2.05, 4.69) is 10.6 Å². The van der Waals surface area contributed by atoms with Gasteiger partial charge in [0, 0.05) is 19.6 Å². The van der Waals surface area contributed by atoms with Crippen molar-refractivity contribution in [3.8, 4) is 0 Å². The molecule has 0 aromatic heterocycles. The third-order valence-electron chi connectivity index (χ3n) is 1.99. The van der Waals surface area contributed by atoms with Crippen LogP contribution in [-0.4, -0.2) is 25.7 Å². The van der Waals surface area contributed by atoms with Crippen molar-refractivity contribution in [2.75, 3.05) is 13.6 Å². The highest BCUT2D eigenvalue weighted by molar-refractivity contribution is 5.73. The summed E-state index contributed by atoms with van der Waals surface area (Å²) in [5.41, 5.74) is 5.47. The first-order valence-corrected chi connectivity index (χ1v) is 3.96. The third kappa shape index (κ3) is 2.38.